The highest BCUT2D eigenvalue weighted by Gasteiger charge is 2.40. The summed E-state index contributed by atoms with van der Waals surface area (Å²) < 4.78 is 14.2. The number of carbonyl (C=O) groups is 3. The number of ether oxygens (including phenoxy) is 3. The molecule has 8 heteroatoms. The molecule has 1 rings (SSSR count). The van der Waals surface area contributed by atoms with Crippen LogP contribution in [0.5, 0.6) is 0 Å². The summed E-state index contributed by atoms with van der Waals surface area (Å²) in [6.45, 7) is 1.88. The zero-order valence-electron chi connectivity index (χ0n) is 10.4. The molecule has 1 unspecified atom stereocenters. The monoisotopic (exact) mass is 274 g/mol. The average Bonchev–Trinajstić information content (AvgIpc) is 2.57. The van der Waals surface area contributed by atoms with Gasteiger partial charge in [-0.05, 0) is 0 Å². The van der Waals surface area contributed by atoms with E-state index in [2.05, 4.69) is 0 Å². The van der Waals surface area contributed by atoms with Crippen molar-refractivity contribution in [2.45, 2.75) is 20.0 Å². The highest BCUT2D eigenvalue weighted by molar-refractivity contribution is 5.89. The van der Waals surface area contributed by atoms with Crippen LogP contribution >= 0.6 is 0 Å². The first kappa shape index (κ1) is 14.8. The van der Waals surface area contributed by atoms with Crippen molar-refractivity contribution in [2.24, 2.45) is 5.92 Å². The van der Waals surface area contributed by atoms with E-state index in [0.717, 1.165) is 0 Å². The Hall–Kier alpha value is -2.25. The van der Waals surface area contributed by atoms with Crippen LogP contribution in [0.25, 0.3) is 0 Å². The van der Waals surface area contributed by atoms with Crippen molar-refractivity contribution in [3.05, 3.63) is 11.5 Å². The molecule has 0 radical (unpaired) electrons. The minimum Gasteiger partial charge on any atom is -0.505 e. The van der Waals surface area contributed by atoms with E-state index >= 15 is 0 Å². The number of hydrogen-bond donors (Lipinski definition) is 2. The fourth-order valence-corrected chi connectivity index (χ4v) is 1.46. The molecule has 106 valence electrons. The summed E-state index contributed by atoms with van der Waals surface area (Å²) >= 11 is 0. The molecule has 1 aliphatic heterocycles. The van der Waals surface area contributed by atoms with E-state index in [1.807, 2.05) is 0 Å². The normalized spacial score (nSPS) is 18.5. The lowest BCUT2D eigenvalue weighted by Gasteiger charge is -2.21. The Balaban J connectivity index is 2.75. The number of carbonyl (C=O) groups excluding carboxylic acids is 3. The van der Waals surface area contributed by atoms with Crippen LogP contribution in [-0.2, 0) is 28.6 Å². The van der Waals surface area contributed by atoms with Crippen molar-refractivity contribution < 1.29 is 38.8 Å². The summed E-state index contributed by atoms with van der Waals surface area (Å²) in [6, 6.07) is 0. The molecule has 0 saturated carbocycles. The minimum absolute atomic E-state index is 0.238. The molecule has 0 aromatic heterocycles. The zero-order chi connectivity index (χ0) is 14.6. The van der Waals surface area contributed by atoms with Crippen LogP contribution in [0.3, 0.4) is 0 Å². The molecule has 8 nitrogen and oxygen atoms in total. The molecule has 1 aliphatic rings. The predicted molar refractivity (Wildman–Crippen MR) is 58.9 cm³/mol. The summed E-state index contributed by atoms with van der Waals surface area (Å²) in [6.07, 6.45) is -1.22. The van der Waals surface area contributed by atoms with Gasteiger partial charge >= 0.3 is 17.9 Å². The third kappa shape index (κ3) is 3.87. The maximum absolute atomic E-state index is 11.1. The molecular weight excluding hydrogens is 260 g/mol. The fraction of sp³-hybridized carbons (Fsp3) is 0.545. The third-order valence-corrected chi connectivity index (χ3v) is 2.37. The maximum atomic E-state index is 11.1. The van der Waals surface area contributed by atoms with Crippen LogP contribution in [0.1, 0.15) is 13.8 Å². The van der Waals surface area contributed by atoms with Gasteiger partial charge < -0.3 is 24.4 Å². The number of cyclic esters (lactones) is 1. The molecule has 19 heavy (non-hydrogen) atoms. The van der Waals surface area contributed by atoms with Crippen LogP contribution in [-0.4, -0.2) is 47.4 Å². The number of aliphatic hydroxyl groups excluding tert-OH is 2. The molecule has 2 N–H and O–H groups in total. The summed E-state index contributed by atoms with van der Waals surface area (Å²) in [5.74, 6) is -4.62. The van der Waals surface area contributed by atoms with E-state index in [1.54, 1.807) is 0 Å². The Labute approximate surface area is 108 Å². The van der Waals surface area contributed by atoms with Crippen LogP contribution in [0.2, 0.25) is 0 Å². The van der Waals surface area contributed by atoms with E-state index in [-0.39, 0.29) is 13.2 Å². The van der Waals surface area contributed by atoms with Crippen molar-refractivity contribution in [3.8, 4) is 0 Å². The van der Waals surface area contributed by atoms with E-state index in [1.165, 1.54) is 13.8 Å². The highest BCUT2D eigenvalue weighted by Crippen LogP contribution is 2.25. The molecule has 0 spiro atoms. The van der Waals surface area contributed by atoms with Crippen LogP contribution in [0, 0.1) is 5.92 Å². The Kier molecular flexibility index (Phi) is 4.74. The van der Waals surface area contributed by atoms with Gasteiger partial charge in [-0.1, -0.05) is 0 Å². The van der Waals surface area contributed by atoms with Gasteiger partial charge in [-0.3, -0.25) is 9.59 Å². The summed E-state index contributed by atoms with van der Waals surface area (Å²) in [7, 11) is 0. The number of aliphatic hydroxyl groups is 2. The molecule has 1 atom stereocenters. The Morgan fingerprint density at radius 2 is 1.68 bits per heavy atom. The second-order valence-electron chi connectivity index (χ2n) is 3.93. The SMILES string of the molecule is CC(=O)OCC(COC(C)=O)C1OC(=O)C(O)=C1O. The molecule has 0 fully saturated rings. The van der Waals surface area contributed by atoms with Gasteiger partial charge in [-0.25, -0.2) is 4.79 Å². The molecule has 0 saturated heterocycles. The van der Waals surface area contributed by atoms with Crippen LogP contribution in [0.15, 0.2) is 11.5 Å². The Morgan fingerprint density at radius 3 is 2.00 bits per heavy atom. The molecule has 0 aliphatic carbocycles. The molecule has 0 amide bonds. The molecule has 1 heterocycles. The van der Waals surface area contributed by atoms with Gasteiger partial charge in [0.15, 0.2) is 11.9 Å². The predicted octanol–water partition coefficient (Wildman–Crippen LogP) is -0.0182. The van der Waals surface area contributed by atoms with E-state index < -0.39 is 41.4 Å². The maximum Gasteiger partial charge on any atom is 0.377 e. The average molecular weight is 274 g/mol. The zero-order valence-corrected chi connectivity index (χ0v) is 10.4. The molecule has 0 aromatic rings. The van der Waals surface area contributed by atoms with Gasteiger partial charge in [-0.15, -0.1) is 0 Å². The van der Waals surface area contributed by atoms with E-state index in [9.17, 15) is 24.6 Å². The molecular formula is C11H14O8. The number of esters is 3. The van der Waals surface area contributed by atoms with Crippen LogP contribution in [0.4, 0.5) is 0 Å². The second kappa shape index (κ2) is 6.07. The third-order valence-electron chi connectivity index (χ3n) is 2.37. The van der Waals surface area contributed by atoms with Crippen molar-refractivity contribution in [1.82, 2.24) is 0 Å². The molecule has 0 bridgehead atoms. The first-order chi connectivity index (χ1) is 8.82. The number of rotatable bonds is 5. The lowest BCUT2D eigenvalue weighted by molar-refractivity contribution is -0.153. The van der Waals surface area contributed by atoms with Gasteiger partial charge in [0.2, 0.25) is 5.76 Å². The summed E-state index contributed by atoms with van der Waals surface area (Å²) in [5, 5.41) is 18.7. The number of hydrogen-bond acceptors (Lipinski definition) is 8. The van der Waals surface area contributed by atoms with Crippen molar-refractivity contribution in [3.63, 3.8) is 0 Å². The topological polar surface area (TPSA) is 119 Å². The summed E-state index contributed by atoms with van der Waals surface area (Å²) in [5.41, 5.74) is 0. The fourth-order valence-electron chi connectivity index (χ4n) is 1.46. The quantitative estimate of drug-likeness (QED) is 0.530. The van der Waals surface area contributed by atoms with Gasteiger partial charge in [0, 0.05) is 13.8 Å². The largest absolute Gasteiger partial charge is 0.505 e. The van der Waals surface area contributed by atoms with Crippen molar-refractivity contribution in [2.75, 3.05) is 13.2 Å². The first-order valence-corrected chi connectivity index (χ1v) is 5.42. The Morgan fingerprint density at radius 1 is 1.21 bits per heavy atom. The lowest BCUT2D eigenvalue weighted by atomic mass is 10.0. The van der Waals surface area contributed by atoms with Crippen LogP contribution < -0.4 is 0 Å². The van der Waals surface area contributed by atoms with Gasteiger partial charge in [-0.2, -0.15) is 0 Å². The second-order valence-corrected chi connectivity index (χ2v) is 3.93. The van der Waals surface area contributed by atoms with E-state index in [0.29, 0.717) is 0 Å². The minimum atomic E-state index is -1.22. The lowest BCUT2D eigenvalue weighted by Crippen LogP contribution is -2.32. The summed E-state index contributed by atoms with van der Waals surface area (Å²) in [4.78, 5) is 32.6. The molecule has 0 aromatic carbocycles. The van der Waals surface area contributed by atoms with E-state index in [4.69, 9.17) is 14.2 Å². The van der Waals surface area contributed by atoms with Gasteiger partial charge in [0.05, 0.1) is 5.92 Å². The van der Waals surface area contributed by atoms with Crippen molar-refractivity contribution in [1.29, 1.82) is 0 Å². The van der Waals surface area contributed by atoms with Crippen molar-refractivity contribution >= 4 is 17.9 Å². The highest BCUT2D eigenvalue weighted by atomic mass is 16.6. The van der Waals surface area contributed by atoms with Gasteiger partial charge in [0.25, 0.3) is 0 Å². The van der Waals surface area contributed by atoms with Gasteiger partial charge in [0.1, 0.15) is 13.2 Å². The first-order valence-electron chi connectivity index (χ1n) is 5.42. The standard InChI is InChI=1S/C11H14O8/c1-5(12)17-3-7(4-18-6(2)13)10-8(14)9(15)11(16)19-10/h7,10,14-15H,3-4H2,1-2H3. The Bertz CT molecular complexity index is 406. The smallest absolute Gasteiger partial charge is 0.377 e.